The van der Waals surface area contributed by atoms with E-state index in [0.29, 0.717) is 16.9 Å². The smallest absolute Gasteiger partial charge is 0.211 e. The lowest BCUT2D eigenvalue weighted by Crippen LogP contribution is -2.58. The van der Waals surface area contributed by atoms with E-state index in [1.165, 1.54) is 0 Å². The summed E-state index contributed by atoms with van der Waals surface area (Å²) >= 11 is 0. The number of likely N-dealkylation sites (N-methyl/N-ethyl adjacent to an activating group) is 1. The summed E-state index contributed by atoms with van der Waals surface area (Å²) in [6.07, 6.45) is 12.9. The van der Waals surface area contributed by atoms with Crippen LogP contribution < -0.4 is 9.64 Å². The molecule has 2 heterocycles. The van der Waals surface area contributed by atoms with Crippen LogP contribution in [0.15, 0.2) is 60.2 Å². The Kier molecular flexibility index (Phi) is 5.21. The highest BCUT2D eigenvalue weighted by Gasteiger charge is 2.58. The molecule has 5 rings (SSSR count). The van der Waals surface area contributed by atoms with Gasteiger partial charge in [-0.25, -0.2) is 0 Å². The number of ether oxygens (including phenoxy) is 1. The molecule has 1 spiro atoms. The Morgan fingerprint density at radius 1 is 1.09 bits per heavy atom. The number of benzene rings is 2. The second-order valence-corrected chi connectivity index (χ2v) is 11.4. The molecule has 2 aromatic rings. The van der Waals surface area contributed by atoms with E-state index in [1.807, 2.05) is 43.5 Å². The predicted molar refractivity (Wildman–Crippen MR) is 142 cm³/mol. The summed E-state index contributed by atoms with van der Waals surface area (Å²) in [4.78, 5) is 27.5. The highest BCUT2D eigenvalue weighted by Crippen LogP contribution is 2.55. The second-order valence-electron chi connectivity index (χ2n) is 11.4. The molecular weight excluding hydrogens is 434 g/mol. The van der Waals surface area contributed by atoms with Crippen LogP contribution in [0.1, 0.15) is 84.9 Å². The molecule has 0 aromatic heterocycles. The quantitative estimate of drug-likeness (QED) is 0.368. The number of ketones is 1. The van der Waals surface area contributed by atoms with E-state index >= 15 is 0 Å². The van der Waals surface area contributed by atoms with Crippen molar-refractivity contribution in [2.75, 3.05) is 11.9 Å². The van der Waals surface area contributed by atoms with Gasteiger partial charge in [-0.3, -0.25) is 9.59 Å². The van der Waals surface area contributed by atoms with Crippen molar-refractivity contribution in [1.29, 1.82) is 0 Å². The van der Waals surface area contributed by atoms with Crippen molar-refractivity contribution < 1.29 is 14.3 Å². The molecule has 2 aromatic carbocycles. The standard InChI is InChI=1S/C31H33NO3/c1-29(2,3)24-16-22-14-15-31(35-28(22)23(17-24)19-33)30(4,5)25-18-21(12-13-26(25)32(31)6)27(34)20-10-8-7-9-11-20/h8,10-19H,7,9H2,1-6H3. The molecule has 0 saturated carbocycles. The average Bonchev–Trinajstić information content (AvgIpc) is 3.00. The molecule has 1 aliphatic carbocycles. The molecule has 2 aliphatic heterocycles. The van der Waals surface area contributed by atoms with Crippen LogP contribution in [0.25, 0.3) is 6.08 Å². The summed E-state index contributed by atoms with van der Waals surface area (Å²) in [7, 11) is 2.01. The number of aldehydes is 1. The van der Waals surface area contributed by atoms with E-state index in [1.54, 1.807) is 0 Å². The van der Waals surface area contributed by atoms with Gasteiger partial charge in [0, 0.05) is 29.4 Å². The number of fused-ring (bicyclic) bond motifs is 2. The lowest BCUT2D eigenvalue weighted by atomic mass is 9.75. The predicted octanol–water partition coefficient (Wildman–Crippen LogP) is 6.79. The summed E-state index contributed by atoms with van der Waals surface area (Å²) in [6, 6.07) is 9.99. The molecular formula is C31H33NO3. The number of rotatable bonds is 3. The fourth-order valence-electron chi connectivity index (χ4n) is 5.56. The van der Waals surface area contributed by atoms with Crippen LogP contribution in [0, 0.1) is 0 Å². The van der Waals surface area contributed by atoms with E-state index in [-0.39, 0.29) is 11.2 Å². The van der Waals surface area contributed by atoms with Crippen LogP contribution in [0.3, 0.4) is 0 Å². The number of hydrogen-bond donors (Lipinski definition) is 0. The van der Waals surface area contributed by atoms with Crippen LogP contribution in [0.2, 0.25) is 0 Å². The highest BCUT2D eigenvalue weighted by molar-refractivity contribution is 6.11. The van der Waals surface area contributed by atoms with Crippen LogP contribution in [0.5, 0.6) is 5.75 Å². The summed E-state index contributed by atoms with van der Waals surface area (Å²) in [6.45, 7) is 10.7. The Bertz CT molecular complexity index is 1340. The molecule has 1 unspecified atom stereocenters. The fraction of sp³-hybridized carbons (Fsp3) is 0.355. The molecule has 3 aliphatic rings. The summed E-state index contributed by atoms with van der Waals surface area (Å²) < 4.78 is 6.80. The highest BCUT2D eigenvalue weighted by atomic mass is 16.5. The molecule has 0 fully saturated rings. The maximum Gasteiger partial charge on any atom is 0.211 e. The zero-order valence-electron chi connectivity index (χ0n) is 21.4. The first kappa shape index (κ1) is 23.3. The number of carbonyl (C=O) groups excluding carboxylic acids is 2. The topological polar surface area (TPSA) is 46.6 Å². The summed E-state index contributed by atoms with van der Waals surface area (Å²) in [5.41, 5.74) is 4.69. The number of hydrogen-bond acceptors (Lipinski definition) is 4. The van der Waals surface area contributed by atoms with Crippen molar-refractivity contribution in [1.82, 2.24) is 0 Å². The zero-order chi connectivity index (χ0) is 25.2. The van der Waals surface area contributed by atoms with E-state index < -0.39 is 11.1 Å². The Morgan fingerprint density at radius 3 is 2.51 bits per heavy atom. The number of anilines is 1. The normalized spacial score (nSPS) is 21.9. The minimum atomic E-state index is -0.824. The van der Waals surface area contributed by atoms with Crippen LogP contribution >= 0.6 is 0 Å². The first-order chi connectivity index (χ1) is 16.5. The van der Waals surface area contributed by atoms with Gasteiger partial charge in [0.25, 0.3) is 0 Å². The molecule has 0 radical (unpaired) electrons. The Morgan fingerprint density at radius 2 is 1.86 bits per heavy atom. The molecule has 4 heteroatoms. The van der Waals surface area contributed by atoms with Gasteiger partial charge in [-0.15, -0.1) is 0 Å². The molecule has 0 N–H and O–H groups in total. The van der Waals surface area contributed by atoms with Crippen LogP contribution in [0.4, 0.5) is 5.69 Å². The Balaban J connectivity index is 1.59. The lowest BCUT2D eigenvalue weighted by molar-refractivity contribution is 0.0570. The number of allylic oxidation sites excluding steroid dienone is 4. The average molecular weight is 468 g/mol. The van der Waals surface area contributed by atoms with E-state index in [9.17, 15) is 9.59 Å². The van der Waals surface area contributed by atoms with E-state index in [0.717, 1.165) is 47.1 Å². The minimum absolute atomic E-state index is 0.0477. The van der Waals surface area contributed by atoms with Gasteiger partial charge < -0.3 is 9.64 Å². The third kappa shape index (κ3) is 3.42. The largest absolute Gasteiger partial charge is 0.462 e. The maximum atomic E-state index is 13.2. The van der Waals surface area contributed by atoms with Crippen molar-refractivity contribution in [3.8, 4) is 5.75 Å². The van der Waals surface area contributed by atoms with Crippen LogP contribution in [-0.4, -0.2) is 24.8 Å². The van der Waals surface area contributed by atoms with Gasteiger partial charge in [-0.2, -0.15) is 0 Å². The third-order valence-corrected chi connectivity index (χ3v) is 7.83. The summed E-state index contributed by atoms with van der Waals surface area (Å²) in [5.74, 6) is 0.656. The molecule has 4 nitrogen and oxygen atoms in total. The second kappa shape index (κ2) is 7.81. The fourth-order valence-corrected chi connectivity index (χ4v) is 5.56. The zero-order valence-corrected chi connectivity index (χ0v) is 21.4. The Hall–Kier alpha value is -3.40. The maximum absolute atomic E-state index is 13.2. The lowest BCUT2D eigenvalue weighted by Gasteiger charge is -2.46. The van der Waals surface area contributed by atoms with E-state index in [4.69, 9.17) is 4.74 Å². The van der Waals surface area contributed by atoms with Gasteiger partial charge in [0.2, 0.25) is 5.72 Å². The van der Waals surface area contributed by atoms with Gasteiger partial charge in [-0.1, -0.05) is 39.0 Å². The third-order valence-electron chi connectivity index (χ3n) is 7.83. The van der Waals surface area contributed by atoms with Gasteiger partial charge in [-0.05, 0) is 85.7 Å². The number of Topliss-reactive ketones (excluding diaryl/α,β-unsaturated/α-hetero) is 1. The first-order valence-corrected chi connectivity index (χ1v) is 12.3. The van der Waals surface area contributed by atoms with Gasteiger partial charge in [0.1, 0.15) is 5.75 Å². The van der Waals surface area contributed by atoms with Crippen molar-refractivity contribution in [3.05, 3.63) is 88.0 Å². The van der Waals surface area contributed by atoms with Gasteiger partial charge in [0.15, 0.2) is 12.1 Å². The Labute approximate surface area is 208 Å². The summed E-state index contributed by atoms with van der Waals surface area (Å²) in [5, 5.41) is 0. The van der Waals surface area contributed by atoms with Gasteiger partial charge >= 0.3 is 0 Å². The molecule has 180 valence electrons. The monoisotopic (exact) mass is 467 g/mol. The minimum Gasteiger partial charge on any atom is -0.462 e. The number of nitrogens with zero attached hydrogens (tertiary/aromatic N) is 1. The van der Waals surface area contributed by atoms with Crippen molar-refractivity contribution in [2.45, 2.75) is 64.0 Å². The number of carbonyl (C=O) groups is 2. The molecule has 0 bridgehead atoms. The molecule has 35 heavy (non-hydrogen) atoms. The molecule has 0 saturated heterocycles. The van der Waals surface area contributed by atoms with Crippen molar-refractivity contribution in [2.24, 2.45) is 0 Å². The molecule has 0 amide bonds. The van der Waals surface area contributed by atoms with Gasteiger partial charge in [0.05, 0.1) is 11.0 Å². The van der Waals surface area contributed by atoms with Crippen molar-refractivity contribution in [3.63, 3.8) is 0 Å². The SMILES string of the molecule is CN1c2ccc(C(=O)C3=CCCC=C3)cc2C(C)(C)C12C=Cc1cc(C(C)(C)C)cc(C=O)c1O2. The molecule has 1 atom stereocenters. The van der Waals surface area contributed by atoms with Crippen LogP contribution in [-0.2, 0) is 10.8 Å². The first-order valence-electron chi connectivity index (χ1n) is 12.3. The van der Waals surface area contributed by atoms with Crippen molar-refractivity contribution >= 4 is 23.8 Å². The van der Waals surface area contributed by atoms with E-state index in [2.05, 4.69) is 63.8 Å².